The van der Waals surface area contributed by atoms with E-state index in [1.165, 1.54) is 6.20 Å². The van der Waals surface area contributed by atoms with E-state index >= 15 is 0 Å². The predicted molar refractivity (Wildman–Crippen MR) is 65.0 cm³/mol. The van der Waals surface area contributed by atoms with Crippen molar-refractivity contribution in [2.75, 3.05) is 5.32 Å². The molecule has 0 saturated heterocycles. The Balaban J connectivity index is 2.30. The minimum Gasteiger partial charge on any atom is -0.507 e. The zero-order valence-electron chi connectivity index (χ0n) is 9.87. The summed E-state index contributed by atoms with van der Waals surface area (Å²) in [7, 11) is 0. The van der Waals surface area contributed by atoms with E-state index < -0.39 is 29.1 Å². The quantitative estimate of drug-likeness (QED) is 0.778. The Bertz CT molecular complexity index is 690. The summed E-state index contributed by atoms with van der Waals surface area (Å²) < 4.78 is 12.8. The Hall–Kier alpha value is -3.03. The molecule has 1 heterocycles. The minimum atomic E-state index is -1.36. The number of phenolic OH excluding ortho intramolecular Hbond substituents is 1. The summed E-state index contributed by atoms with van der Waals surface area (Å²) in [5.41, 5.74) is -0.657. The maximum absolute atomic E-state index is 12.8. The summed E-state index contributed by atoms with van der Waals surface area (Å²) in [5.74, 6) is -3.73. The van der Waals surface area contributed by atoms with Gasteiger partial charge in [0.1, 0.15) is 11.6 Å². The van der Waals surface area contributed by atoms with Crippen molar-refractivity contribution in [3.8, 4) is 5.75 Å². The number of hydrogen-bond donors (Lipinski definition) is 3. The van der Waals surface area contributed by atoms with E-state index in [-0.39, 0.29) is 11.4 Å². The Morgan fingerprint density at radius 2 is 1.90 bits per heavy atom. The average Bonchev–Trinajstić information content (AvgIpc) is 2.38. The van der Waals surface area contributed by atoms with Gasteiger partial charge in [-0.2, -0.15) is 0 Å². The van der Waals surface area contributed by atoms with Crippen LogP contribution >= 0.6 is 0 Å². The van der Waals surface area contributed by atoms with Gasteiger partial charge in [0.25, 0.3) is 5.91 Å². The van der Waals surface area contributed by atoms with Crippen molar-refractivity contribution >= 4 is 17.7 Å². The molecule has 0 radical (unpaired) electrons. The number of anilines is 1. The number of benzene rings is 1. The van der Waals surface area contributed by atoms with Crippen molar-refractivity contribution < 1.29 is 24.2 Å². The van der Waals surface area contributed by atoms with Crippen LogP contribution in [0, 0.1) is 5.82 Å². The van der Waals surface area contributed by atoms with Crippen LogP contribution in [0.25, 0.3) is 0 Å². The fraction of sp³-hybridized carbons (Fsp3) is 0. The van der Waals surface area contributed by atoms with Gasteiger partial charge in [-0.05, 0) is 12.1 Å². The van der Waals surface area contributed by atoms with Crippen LogP contribution in [0.5, 0.6) is 5.75 Å². The lowest BCUT2D eigenvalue weighted by molar-refractivity contribution is 0.0691. The number of hydrogen-bond acceptors (Lipinski definition) is 5. The molecule has 7 nitrogen and oxygen atoms in total. The number of amides is 1. The number of carbonyl (C=O) groups excluding carboxylic acids is 1. The lowest BCUT2D eigenvalue weighted by Crippen LogP contribution is -2.17. The van der Waals surface area contributed by atoms with E-state index in [1.54, 1.807) is 0 Å². The molecule has 2 aromatic rings. The summed E-state index contributed by atoms with van der Waals surface area (Å²) in [4.78, 5) is 30.0. The van der Waals surface area contributed by atoms with Gasteiger partial charge in [0, 0.05) is 18.5 Å². The van der Waals surface area contributed by atoms with Gasteiger partial charge in [-0.15, -0.1) is 0 Å². The molecule has 1 amide bonds. The maximum Gasteiger partial charge on any atom is 0.358 e. The molecular formula is C12H8FN3O4. The number of nitrogens with one attached hydrogen (secondary N) is 1. The number of phenols is 1. The largest absolute Gasteiger partial charge is 0.507 e. The molecule has 0 bridgehead atoms. The van der Waals surface area contributed by atoms with E-state index in [0.717, 1.165) is 24.4 Å². The fourth-order valence-electron chi connectivity index (χ4n) is 1.46. The molecule has 0 atom stereocenters. The van der Waals surface area contributed by atoms with Crippen LogP contribution in [-0.2, 0) is 0 Å². The normalized spacial score (nSPS) is 10.1. The van der Waals surface area contributed by atoms with Crippen molar-refractivity contribution in [3.63, 3.8) is 0 Å². The number of nitrogens with zero attached hydrogens (tertiary/aromatic N) is 2. The molecule has 0 fully saturated rings. The first-order chi connectivity index (χ1) is 9.49. The number of aromatic carboxylic acids is 1. The standard InChI is InChI=1S/C12H8FN3O4/c13-6-1-2-7(8(17)5-6)11(18)16-10-9(12(19)20)14-3-4-15-10/h1-5,17H,(H,19,20)(H,15,16,18). The first kappa shape index (κ1) is 13.4. The van der Waals surface area contributed by atoms with E-state index in [4.69, 9.17) is 5.11 Å². The molecule has 102 valence electrons. The summed E-state index contributed by atoms with van der Waals surface area (Å²) in [6.07, 6.45) is 2.36. The van der Waals surface area contributed by atoms with Crippen molar-refractivity contribution in [3.05, 3.63) is 47.7 Å². The molecule has 0 unspecified atom stereocenters. The average molecular weight is 277 g/mol. The van der Waals surface area contributed by atoms with Gasteiger partial charge in [0.15, 0.2) is 11.5 Å². The summed E-state index contributed by atoms with van der Waals surface area (Å²) in [6.45, 7) is 0. The van der Waals surface area contributed by atoms with E-state index in [0.29, 0.717) is 0 Å². The van der Waals surface area contributed by atoms with Gasteiger partial charge in [0.2, 0.25) is 0 Å². The number of aromatic hydroxyl groups is 1. The first-order valence-corrected chi connectivity index (χ1v) is 5.33. The second kappa shape index (κ2) is 5.31. The monoisotopic (exact) mass is 277 g/mol. The van der Waals surface area contributed by atoms with Crippen LogP contribution in [0.15, 0.2) is 30.6 Å². The zero-order chi connectivity index (χ0) is 14.7. The fourth-order valence-corrected chi connectivity index (χ4v) is 1.46. The lowest BCUT2D eigenvalue weighted by atomic mass is 10.2. The van der Waals surface area contributed by atoms with Crippen LogP contribution in [0.2, 0.25) is 0 Å². The van der Waals surface area contributed by atoms with Crippen LogP contribution in [0.1, 0.15) is 20.8 Å². The summed E-state index contributed by atoms with van der Waals surface area (Å²) >= 11 is 0. The molecule has 0 aliphatic heterocycles. The summed E-state index contributed by atoms with van der Waals surface area (Å²) in [5, 5.41) is 20.5. The van der Waals surface area contributed by atoms with Crippen LogP contribution < -0.4 is 5.32 Å². The first-order valence-electron chi connectivity index (χ1n) is 5.33. The van der Waals surface area contributed by atoms with E-state index in [1.807, 2.05) is 0 Å². The second-order valence-electron chi connectivity index (χ2n) is 3.67. The highest BCUT2D eigenvalue weighted by molar-refractivity contribution is 6.07. The number of rotatable bonds is 3. The zero-order valence-corrected chi connectivity index (χ0v) is 9.87. The SMILES string of the molecule is O=C(Nc1nccnc1C(=O)O)c1ccc(F)cc1O. The van der Waals surface area contributed by atoms with Gasteiger partial charge >= 0.3 is 5.97 Å². The van der Waals surface area contributed by atoms with Gasteiger partial charge < -0.3 is 15.5 Å². The van der Waals surface area contributed by atoms with Gasteiger partial charge in [0.05, 0.1) is 5.56 Å². The van der Waals surface area contributed by atoms with Crippen molar-refractivity contribution in [1.82, 2.24) is 9.97 Å². The highest BCUT2D eigenvalue weighted by Gasteiger charge is 2.18. The predicted octanol–water partition coefficient (Wildman–Crippen LogP) is 1.27. The highest BCUT2D eigenvalue weighted by Crippen LogP contribution is 2.19. The number of carbonyl (C=O) groups is 2. The third-order valence-corrected chi connectivity index (χ3v) is 2.34. The molecule has 0 aliphatic carbocycles. The molecule has 0 aliphatic rings. The van der Waals surface area contributed by atoms with Crippen molar-refractivity contribution in [2.24, 2.45) is 0 Å². The third-order valence-electron chi connectivity index (χ3n) is 2.34. The molecule has 1 aromatic heterocycles. The molecular weight excluding hydrogens is 269 g/mol. The molecule has 0 spiro atoms. The Morgan fingerprint density at radius 1 is 1.20 bits per heavy atom. The lowest BCUT2D eigenvalue weighted by Gasteiger charge is -2.07. The smallest absolute Gasteiger partial charge is 0.358 e. The van der Waals surface area contributed by atoms with Crippen LogP contribution in [0.3, 0.4) is 0 Å². The number of aromatic nitrogens is 2. The van der Waals surface area contributed by atoms with Crippen LogP contribution in [0.4, 0.5) is 10.2 Å². The Kier molecular flexibility index (Phi) is 3.56. The Labute approximate surface area is 111 Å². The van der Waals surface area contributed by atoms with E-state index in [2.05, 4.69) is 15.3 Å². The van der Waals surface area contributed by atoms with Gasteiger partial charge in [-0.3, -0.25) is 4.79 Å². The number of carboxylic acid groups (broad SMARTS) is 1. The Morgan fingerprint density at radius 3 is 2.55 bits per heavy atom. The molecule has 8 heteroatoms. The van der Waals surface area contributed by atoms with Crippen molar-refractivity contribution in [2.45, 2.75) is 0 Å². The molecule has 1 aromatic carbocycles. The number of halogens is 1. The molecule has 20 heavy (non-hydrogen) atoms. The second-order valence-corrected chi connectivity index (χ2v) is 3.67. The molecule has 3 N–H and O–H groups in total. The topological polar surface area (TPSA) is 112 Å². The van der Waals surface area contributed by atoms with Crippen LogP contribution in [-0.4, -0.2) is 32.1 Å². The molecule has 0 saturated carbocycles. The maximum atomic E-state index is 12.8. The van der Waals surface area contributed by atoms with Crippen molar-refractivity contribution in [1.29, 1.82) is 0 Å². The third kappa shape index (κ3) is 2.69. The minimum absolute atomic E-state index is 0.214. The molecule has 2 rings (SSSR count). The highest BCUT2D eigenvalue weighted by atomic mass is 19.1. The number of carboxylic acids is 1. The summed E-state index contributed by atoms with van der Waals surface area (Å²) in [6, 6.07) is 2.82. The van der Waals surface area contributed by atoms with Gasteiger partial charge in [-0.25, -0.2) is 19.2 Å². The van der Waals surface area contributed by atoms with E-state index in [9.17, 15) is 19.1 Å². The van der Waals surface area contributed by atoms with Gasteiger partial charge in [-0.1, -0.05) is 0 Å².